The maximum atomic E-state index is 10.7. The molecule has 15 heavy (non-hydrogen) atoms. The highest BCUT2D eigenvalue weighted by molar-refractivity contribution is 9.10. The molecule has 0 heterocycles. The molecule has 1 aromatic carbocycles. The predicted octanol–water partition coefficient (Wildman–Crippen LogP) is 3.41. The summed E-state index contributed by atoms with van der Waals surface area (Å²) in [5.74, 6) is 0.0119. The van der Waals surface area contributed by atoms with Gasteiger partial charge < -0.3 is 5.11 Å². The van der Waals surface area contributed by atoms with Gasteiger partial charge in [-0.1, -0.05) is 34.1 Å². The second-order valence-corrected chi connectivity index (χ2v) is 4.19. The highest BCUT2D eigenvalue weighted by atomic mass is 79.9. The number of aryl methyl sites for hydroxylation is 1. The van der Waals surface area contributed by atoms with Crippen LogP contribution in [0.25, 0.3) is 0 Å². The molecular weight excluding hydrogens is 256 g/mol. The van der Waals surface area contributed by atoms with E-state index in [0.29, 0.717) is 6.42 Å². The van der Waals surface area contributed by atoms with Crippen molar-refractivity contribution in [2.24, 2.45) is 0 Å². The monoisotopic (exact) mass is 268 g/mol. The van der Waals surface area contributed by atoms with Gasteiger partial charge in [-0.2, -0.15) is 0 Å². The summed E-state index contributed by atoms with van der Waals surface area (Å²) in [6, 6.07) is 7.84. The first-order valence-electron chi connectivity index (χ1n) is 4.73. The zero-order valence-electron chi connectivity index (χ0n) is 8.53. The number of rotatable bonds is 4. The molecule has 1 aromatic rings. The second-order valence-electron chi connectivity index (χ2n) is 3.34. The molecule has 0 spiro atoms. The number of carbonyl (C=O) groups is 1. The van der Waals surface area contributed by atoms with Crippen LogP contribution in [0, 0.1) is 0 Å². The molecule has 1 rings (SSSR count). The number of halogens is 1. The molecule has 0 fully saturated rings. The molecule has 80 valence electrons. The summed E-state index contributed by atoms with van der Waals surface area (Å²) in [7, 11) is 0. The van der Waals surface area contributed by atoms with Crippen LogP contribution >= 0.6 is 15.9 Å². The normalized spacial score (nSPS) is 11.5. The van der Waals surface area contributed by atoms with Crippen molar-refractivity contribution in [3.63, 3.8) is 0 Å². The van der Waals surface area contributed by atoms with Crippen molar-refractivity contribution in [1.29, 1.82) is 0 Å². The zero-order valence-corrected chi connectivity index (χ0v) is 10.1. The Morgan fingerprint density at radius 1 is 1.47 bits per heavy atom. The van der Waals surface area contributed by atoms with Crippen molar-refractivity contribution in [2.75, 3.05) is 0 Å². The van der Waals surface area contributed by atoms with Crippen LogP contribution in [0.2, 0.25) is 0 Å². The molecule has 0 saturated heterocycles. The first-order valence-corrected chi connectivity index (χ1v) is 5.52. The topological polar surface area (TPSA) is 37.3 Å². The van der Waals surface area contributed by atoms with Gasteiger partial charge in [0.1, 0.15) is 0 Å². The number of aliphatic hydroxyl groups excluding tert-OH is 1. The van der Waals surface area contributed by atoms with Crippen LogP contribution in [0.5, 0.6) is 0 Å². The smallest absolute Gasteiger partial charge is 0.155 e. The average molecular weight is 269 g/mol. The molecule has 0 aliphatic heterocycles. The molecule has 0 unspecified atom stereocenters. The van der Waals surface area contributed by atoms with Gasteiger partial charge in [0.15, 0.2) is 5.78 Å². The van der Waals surface area contributed by atoms with Gasteiger partial charge in [0, 0.05) is 17.0 Å². The lowest BCUT2D eigenvalue weighted by molar-refractivity contribution is -0.112. The van der Waals surface area contributed by atoms with Gasteiger partial charge in [-0.15, -0.1) is 0 Å². The Bertz CT molecular complexity index is 383. The van der Waals surface area contributed by atoms with E-state index in [9.17, 15) is 9.90 Å². The van der Waals surface area contributed by atoms with Crippen LogP contribution in [-0.4, -0.2) is 10.9 Å². The molecule has 1 N–H and O–H groups in total. The zero-order chi connectivity index (χ0) is 11.3. The van der Waals surface area contributed by atoms with Gasteiger partial charge in [0.25, 0.3) is 0 Å². The number of aliphatic hydroxyl groups is 1. The molecule has 2 nitrogen and oxygen atoms in total. The van der Waals surface area contributed by atoms with E-state index in [4.69, 9.17) is 0 Å². The fourth-order valence-corrected chi connectivity index (χ4v) is 1.75. The first kappa shape index (κ1) is 12.0. The number of allylic oxidation sites excluding steroid dienone is 2. The van der Waals surface area contributed by atoms with Crippen LogP contribution in [0.1, 0.15) is 18.9 Å². The Balaban J connectivity index is 2.58. The fourth-order valence-electron chi connectivity index (χ4n) is 1.27. The Labute approximate surface area is 97.8 Å². The van der Waals surface area contributed by atoms with Gasteiger partial charge in [-0.25, -0.2) is 0 Å². The average Bonchev–Trinajstić information content (AvgIpc) is 2.15. The largest absolute Gasteiger partial charge is 0.512 e. The third-order valence-electron chi connectivity index (χ3n) is 1.98. The van der Waals surface area contributed by atoms with Crippen molar-refractivity contribution < 1.29 is 9.90 Å². The van der Waals surface area contributed by atoms with Gasteiger partial charge >= 0.3 is 0 Å². The minimum Gasteiger partial charge on any atom is -0.512 e. The molecule has 0 aromatic heterocycles. The van der Waals surface area contributed by atoms with Crippen molar-refractivity contribution in [3.05, 3.63) is 46.1 Å². The van der Waals surface area contributed by atoms with E-state index in [1.54, 1.807) is 0 Å². The van der Waals surface area contributed by atoms with Gasteiger partial charge in [-0.3, -0.25) is 4.79 Å². The minimum atomic E-state index is -0.125. The third kappa shape index (κ3) is 4.30. The summed E-state index contributed by atoms with van der Waals surface area (Å²) in [5.41, 5.74) is 1.13. The lowest BCUT2D eigenvalue weighted by atomic mass is 10.1. The van der Waals surface area contributed by atoms with Gasteiger partial charge in [0.05, 0.1) is 5.76 Å². The summed E-state index contributed by atoms with van der Waals surface area (Å²) < 4.78 is 1.03. The SMILES string of the molecule is CC(=O)C=C(O)CCc1ccccc1Br. The molecule has 0 atom stereocenters. The van der Waals surface area contributed by atoms with Crippen molar-refractivity contribution in [2.45, 2.75) is 19.8 Å². The maximum absolute atomic E-state index is 10.7. The van der Waals surface area contributed by atoms with Gasteiger partial charge in [0.2, 0.25) is 0 Å². The van der Waals surface area contributed by atoms with E-state index >= 15 is 0 Å². The Kier molecular flexibility index (Phi) is 4.56. The van der Waals surface area contributed by atoms with E-state index in [1.165, 1.54) is 13.0 Å². The van der Waals surface area contributed by atoms with E-state index < -0.39 is 0 Å². The highest BCUT2D eigenvalue weighted by Crippen LogP contribution is 2.18. The van der Waals surface area contributed by atoms with Gasteiger partial charge in [-0.05, 0) is 25.0 Å². The Morgan fingerprint density at radius 3 is 2.73 bits per heavy atom. The van der Waals surface area contributed by atoms with E-state index in [1.807, 2.05) is 24.3 Å². The van der Waals surface area contributed by atoms with E-state index in [0.717, 1.165) is 16.5 Å². The third-order valence-corrected chi connectivity index (χ3v) is 2.75. The number of carbonyl (C=O) groups excluding carboxylic acids is 1. The second kappa shape index (κ2) is 5.71. The standard InChI is InChI=1S/C12H13BrO2/c1-9(14)8-11(15)7-6-10-4-2-3-5-12(10)13/h2-5,8,15H,6-7H2,1H3. The number of hydrogen-bond donors (Lipinski definition) is 1. The van der Waals surface area contributed by atoms with Crippen LogP contribution in [0.3, 0.4) is 0 Å². The summed E-state index contributed by atoms with van der Waals surface area (Å²) in [4.78, 5) is 10.7. The fraction of sp³-hybridized carbons (Fsp3) is 0.250. The van der Waals surface area contributed by atoms with Crippen molar-refractivity contribution in [1.82, 2.24) is 0 Å². The number of hydrogen-bond acceptors (Lipinski definition) is 2. The molecule has 0 amide bonds. The quantitative estimate of drug-likeness (QED) is 0.671. The Morgan fingerprint density at radius 2 is 2.13 bits per heavy atom. The molecule has 3 heteroatoms. The summed E-state index contributed by atoms with van der Waals surface area (Å²) in [6.07, 6.45) is 2.47. The van der Waals surface area contributed by atoms with Crippen LogP contribution in [-0.2, 0) is 11.2 Å². The van der Waals surface area contributed by atoms with Crippen molar-refractivity contribution >= 4 is 21.7 Å². The maximum Gasteiger partial charge on any atom is 0.155 e. The molecular formula is C12H13BrO2. The van der Waals surface area contributed by atoms with Crippen LogP contribution < -0.4 is 0 Å². The van der Waals surface area contributed by atoms with E-state index in [-0.39, 0.29) is 11.5 Å². The molecule has 0 bridgehead atoms. The molecule has 0 saturated carbocycles. The van der Waals surface area contributed by atoms with E-state index in [2.05, 4.69) is 15.9 Å². The number of benzene rings is 1. The minimum absolute atomic E-state index is 0.125. The lowest BCUT2D eigenvalue weighted by Gasteiger charge is -2.03. The summed E-state index contributed by atoms with van der Waals surface area (Å²) >= 11 is 3.43. The first-order chi connectivity index (χ1) is 7.09. The highest BCUT2D eigenvalue weighted by Gasteiger charge is 2.01. The van der Waals surface area contributed by atoms with Crippen LogP contribution in [0.15, 0.2) is 40.6 Å². The van der Waals surface area contributed by atoms with Crippen LogP contribution in [0.4, 0.5) is 0 Å². The summed E-state index contributed by atoms with van der Waals surface area (Å²) in [6.45, 7) is 1.43. The predicted molar refractivity (Wildman–Crippen MR) is 63.9 cm³/mol. The molecule has 0 aliphatic rings. The molecule has 0 aliphatic carbocycles. The summed E-state index contributed by atoms with van der Waals surface area (Å²) in [5, 5.41) is 9.40. The van der Waals surface area contributed by atoms with Crippen molar-refractivity contribution in [3.8, 4) is 0 Å². The lowest BCUT2D eigenvalue weighted by Crippen LogP contribution is -1.92. The number of ketones is 1. The molecule has 0 radical (unpaired) electrons. The Hall–Kier alpha value is -1.09.